The standard InChI is InChI=1S/C11H21BCl2Si/c1-9(2)15(10(3)4,11(5)6)8-7-12(13)14/h9-11H,1-6H3. The minimum atomic E-state index is -1.62. The normalized spacial score (nSPS) is 11.9. The average Bonchev–Trinajstić information content (AvgIpc) is 2.02. The van der Waals surface area contributed by atoms with Crippen molar-refractivity contribution in [2.24, 2.45) is 0 Å². The van der Waals surface area contributed by atoms with Gasteiger partial charge >= 0.3 is 5.54 Å². The van der Waals surface area contributed by atoms with Crippen LogP contribution < -0.4 is 0 Å². The van der Waals surface area contributed by atoms with Gasteiger partial charge in [0.1, 0.15) is 8.07 Å². The zero-order chi connectivity index (χ0) is 12.2. The first-order valence-corrected chi connectivity index (χ1v) is 8.66. The van der Waals surface area contributed by atoms with Crippen molar-refractivity contribution in [3.8, 4) is 11.4 Å². The van der Waals surface area contributed by atoms with E-state index in [1.54, 1.807) is 0 Å². The van der Waals surface area contributed by atoms with E-state index < -0.39 is 13.6 Å². The molecule has 0 aromatic heterocycles. The SMILES string of the molecule is CC(C)[Si](C#CB(Cl)Cl)(C(C)C)C(C)C. The maximum absolute atomic E-state index is 5.71. The van der Waals surface area contributed by atoms with Crippen LogP contribution in [0.4, 0.5) is 0 Å². The van der Waals surface area contributed by atoms with Gasteiger partial charge in [0.2, 0.25) is 0 Å². The summed E-state index contributed by atoms with van der Waals surface area (Å²) in [5, 5.41) is 0. The van der Waals surface area contributed by atoms with Crippen molar-refractivity contribution in [3.05, 3.63) is 0 Å². The van der Waals surface area contributed by atoms with E-state index >= 15 is 0 Å². The van der Waals surface area contributed by atoms with Crippen molar-refractivity contribution in [1.82, 2.24) is 0 Å². The molecule has 0 nitrogen and oxygen atoms in total. The quantitative estimate of drug-likeness (QED) is 0.510. The molecule has 15 heavy (non-hydrogen) atoms. The summed E-state index contributed by atoms with van der Waals surface area (Å²) in [7, 11) is -1.62. The van der Waals surface area contributed by atoms with Crippen LogP contribution in [0.2, 0.25) is 16.6 Å². The van der Waals surface area contributed by atoms with Gasteiger partial charge < -0.3 is 0 Å². The Kier molecular flexibility index (Phi) is 6.40. The van der Waals surface area contributed by atoms with Crippen molar-refractivity contribution in [3.63, 3.8) is 0 Å². The highest BCUT2D eigenvalue weighted by molar-refractivity contribution is 7.37. The monoisotopic (exact) mass is 262 g/mol. The highest BCUT2D eigenvalue weighted by Gasteiger charge is 2.41. The molecule has 0 bridgehead atoms. The van der Waals surface area contributed by atoms with E-state index in [0.717, 1.165) is 0 Å². The summed E-state index contributed by atoms with van der Waals surface area (Å²) in [5.74, 6) is 2.97. The maximum atomic E-state index is 5.71. The molecule has 0 heterocycles. The van der Waals surface area contributed by atoms with Gasteiger partial charge in [0.05, 0.1) is 0 Å². The van der Waals surface area contributed by atoms with Crippen molar-refractivity contribution < 1.29 is 0 Å². The lowest BCUT2D eigenvalue weighted by Gasteiger charge is -2.38. The smallest absolute Gasteiger partial charge is 0.153 e. The predicted molar refractivity (Wildman–Crippen MR) is 76.3 cm³/mol. The van der Waals surface area contributed by atoms with E-state index in [0.29, 0.717) is 16.6 Å². The fourth-order valence-electron chi connectivity index (χ4n) is 2.61. The summed E-state index contributed by atoms with van der Waals surface area (Å²) in [6.07, 6.45) is 0. The predicted octanol–water partition coefficient (Wildman–Crippen LogP) is 4.71. The molecule has 86 valence electrons. The van der Waals surface area contributed by atoms with Gasteiger partial charge in [0, 0.05) is 0 Å². The molecular formula is C11H21BCl2Si. The summed E-state index contributed by atoms with van der Waals surface area (Å²) in [4.78, 5) is 0. The zero-order valence-electron chi connectivity index (χ0n) is 10.6. The van der Waals surface area contributed by atoms with Gasteiger partial charge in [-0.2, -0.15) is 22.9 Å². The van der Waals surface area contributed by atoms with E-state index in [-0.39, 0.29) is 0 Å². The fourth-order valence-corrected chi connectivity index (χ4v) is 8.17. The van der Waals surface area contributed by atoms with Gasteiger partial charge in [0.25, 0.3) is 0 Å². The number of hydrogen-bond acceptors (Lipinski definition) is 0. The number of halogens is 2. The Hall–Kier alpha value is 0.422. The summed E-state index contributed by atoms with van der Waals surface area (Å²) in [6.45, 7) is 13.7. The number of hydrogen-bond donors (Lipinski definition) is 0. The van der Waals surface area contributed by atoms with Crippen LogP contribution in [0.15, 0.2) is 0 Å². The molecule has 0 aliphatic rings. The highest BCUT2D eigenvalue weighted by Crippen LogP contribution is 2.40. The lowest BCUT2D eigenvalue weighted by molar-refractivity contribution is 0.838. The summed E-state index contributed by atoms with van der Waals surface area (Å²) < 4.78 is 0. The third-order valence-corrected chi connectivity index (χ3v) is 9.79. The number of rotatable bonds is 3. The Morgan fingerprint density at radius 2 is 1.20 bits per heavy atom. The van der Waals surface area contributed by atoms with Crippen molar-refractivity contribution >= 4 is 36.5 Å². The second kappa shape index (κ2) is 6.23. The van der Waals surface area contributed by atoms with Gasteiger partial charge in [-0.15, -0.1) is 11.4 Å². The Balaban J connectivity index is 5.27. The Morgan fingerprint density at radius 3 is 1.40 bits per heavy atom. The molecule has 0 atom stereocenters. The average molecular weight is 263 g/mol. The van der Waals surface area contributed by atoms with E-state index in [4.69, 9.17) is 22.9 Å². The van der Waals surface area contributed by atoms with Gasteiger partial charge in [-0.05, 0) is 16.6 Å². The van der Waals surface area contributed by atoms with Crippen molar-refractivity contribution in [2.45, 2.75) is 58.2 Å². The van der Waals surface area contributed by atoms with Gasteiger partial charge in [-0.25, -0.2) is 0 Å². The van der Waals surface area contributed by atoms with E-state index in [2.05, 4.69) is 52.9 Å². The van der Waals surface area contributed by atoms with Crippen LogP contribution in [-0.4, -0.2) is 13.6 Å². The molecule has 0 radical (unpaired) electrons. The molecule has 0 N–H and O–H groups in total. The second-order valence-corrected chi connectivity index (χ2v) is 11.6. The van der Waals surface area contributed by atoms with Crippen LogP contribution in [-0.2, 0) is 0 Å². The molecule has 4 heteroatoms. The Morgan fingerprint density at radius 1 is 0.867 bits per heavy atom. The van der Waals surface area contributed by atoms with E-state index in [1.165, 1.54) is 0 Å². The van der Waals surface area contributed by atoms with Crippen LogP contribution in [0.5, 0.6) is 0 Å². The van der Waals surface area contributed by atoms with Crippen molar-refractivity contribution in [1.29, 1.82) is 0 Å². The molecule has 0 unspecified atom stereocenters. The van der Waals surface area contributed by atoms with Gasteiger partial charge in [0.15, 0.2) is 0 Å². The lowest BCUT2D eigenvalue weighted by atomic mass is 10.1. The van der Waals surface area contributed by atoms with Crippen LogP contribution >= 0.6 is 22.9 Å². The van der Waals surface area contributed by atoms with E-state index in [9.17, 15) is 0 Å². The largest absolute Gasteiger partial charge is 0.431 e. The molecule has 0 aliphatic heterocycles. The minimum Gasteiger partial charge on any atom is -0.153 e. The Labute approximate surface area is 106 Å². The van der Waals surface area contributed by atoms with Crippen LogP contribution in [0, 0.1) is 11.4 Å². The molecule has 0 rings (SSSR count). The molecule has 0 amide bonds. The first kappa shape index (κ1) is 15.4. The van der Waals surface area contributed by atoms with Gasteiger partial charge in [-0.1, -0.05) is 41.5 Å². The molecule has 0 spiro atoms. The first-order chi connectivity index (χ1) is 6.75. The summed E-state index contributed by atoms with van der Waals surface area (Å²) in [6, 6.07) is 0. The molecule has 0 aromatic rings. The maximum Gasteiger partial charge on any atom is 0.431 e. The van der Waals surface area contributed by atoms with Crippen molar-refractivity contribution in [2.75, 3.05) is 0 Å². The fraction of sp³-hybridized carbons (Fsp3) is 0.818. The topological polar surface area (TPSA) is 0 Å². The van der Waals surface area contributed by atoms with Crippen LogP contribution in [0.1, 0.15) is 41.5 Å². The molecule has 0 aliphatic carbocycles. The molecule has 0 aromatic carbocycles. The zero-order valence-corrected chi connectivity index (χ0v) is 13.1. The highest BCUT2D eigenvalue weighted by atomic mass is 35.5. The molecule has 0 fully saturated rings. The molecule has 0 saturated carbocycles. The van der Waals surface area contributed by atoms with E-state index in [1.807, 2.05) is 0 Å². The first-order valence-electron chi connectivity index (χ1n) is 5.56. The van der Waals surface area contributed by atoms with Crippen LogP contribution in [0.3, 0.4) is 0 Å². The third kappa shape index (κ3) is 3.73. The second-order valence-electron chi connectivity index (χ2n) is 4.97. The van der Waals surface area contributed by atoms with Crippen LogP contribution in [0.25, 0.3) is 0 Å². The third-order valence-electron chi connectivity index (χ3n) is 3.26. The minimum absolute atomic E-state index is 0.548. The lowest BCUT2D eigenvalue weighted by Crippen LogP contribution is -2.43. The summed E-state index contributed by atoms with van der Waals surface area (Å²) in [5.41, 5.74) is 4.82. The molecular weight excluding hydrogens is 242 g/mol. The Bertz CT molecular complexity index is 229. The summed E-state index contributed by atoms with van der Waals surface area (Å²) >= 11 is 11.4. The van der Waals surface area contributed by atoms with Gasteiger partial charge in [-0.3, -0.25) is 0 Å². The molecule has 0 saturated heterocycles.